The smallest absolute Gasteiger partial charge is 0.337 e. The van der Waals surface area contributed by atoms with Crippen LogP contribution in [0.4, 0.5) is 0 Å². The Kier molecular flexibility index (Phi) is 5.57. The maximum Gasteiger partial charge on any atom is 0.337 e. The molecule has 1 N–H and O–H groups in total. The Hall–Kier alpha value is -3.02. The van der Waals surface area contributed by atoms with E-state index in [9.17, 15) is 9.59 Å². The number of carboxylic acids is 1. The van der Waals surface area contributed by atoms with E-state index < -0.39 is 11.9 Å². The molecular weight excluding hydrogens is 300 g/mol. The summed E-state index contributed by atoms with van der Waals surface area (Å²) in [5.74, 6) is -0.193. The van der Waals surface area contributed by atoms with Crippen LogP contribution < -0.4 is 9.47 Å². The van der Waals surface area contributed by atoms with Crippen molar-refractivity contribution in [3.63, 3.8) is 0 Å². The molecule has 0 aliphatic heterocycles. The van der Waals surface area contributed by atoms with Gasteiger partial charge in [0.25, 0.3) is 0 Å². The number of esters is 1. The summed E-state index contributed by atoms with van der Waals surface area (Å²) in [7, 11) is 1.33. The summed E-state index contributed by atoms with van der Waals surface area (Å²) in [6, 6.07) is 12.7. The molecule has 0 bridgehead atoms. The summed E-state index contributed by atoms with van der Waals surface area (Å²) in [5.41, 5.74) is 0.661. The molecule has 120 valence electrons. The minimum Gasteiger partial charge on any atom is -0.490 e. The highest BCUT2D eigenvalue weighted by atomic mass is 16.5. The Morgan fingerprint density at radius 1 is 0.826 bits per heavy atom. The molecule has 0 spiro atoms. The summed E-state index contributed by atoms with van der Waals surface area (Å²) in [5, 5.41) is 8.80. The minimum absolute atomic E-state index is 0.208. The van der Waals surface area contributed by atoms with Crippen LogP contribution in [0.2, 0.25) is 0 Å². The molecule has 0 saturated heterocycles. The van der Waals surface area contributed by atoms with Gasteiger partial charge in [0.2, 0.25) is 0 Å². The van der Waals surface area contributed by atoms with Crippen LogP contribution in [0, 0.1) is 0 Å². The van der Waals surface area contributed by atoms with E-state index in [4.69, 9.17) is 14.6 Å². The topological polar surface area (TPSA) is 82.1 Å². The van der Waals surface area contributed by atoms with Crippen LogP contribution in [0.5, 0.6) is 11.5 Å². The molecule has 0 aromatic heterocycles. The maximum absolute atomic E-state index is 11.3. The normalized spacial score (nSPS) is 9.96. The quantitative estimate of drug-likeness (QED) is 0.624. The van der Waals surface area contributed by atoms with E-state index in [-0.39, 0.29) is 5.56 Å². The zero-order valence-corrected chi connectivity index (χ0v) is 12.5. The minimum atomic E-state index is -0.977. The third-order valence-electron chi connectivity index (χ3n) is 3.00. The number of hydrogen-bond acceptors (Lipinski definition) is 5. The maximum atomic E-state index is 11.3. The average Bonchev–Trinajstić information content (AvgIpc) is 2.59. The van der Waals surface area contributed by atoms with E-state index in [1.165, 1.54) is 19.2 Å². The Morgan fingerprint density at radius 2 is 1.26 bits per heavy atom. The van der Waals surface area contributed by atoms with Crippen molar-refractivity contribution in [2.24, 2.45) is 0 Å². The van der Waals surface area contributed by atoms with E-state index in [1.54, 1.807) is 36.4 Å². The lowest BCUT2D eigenvalue weighted by atomic mass is 10.2. The number of rotatable bonds is 7. The first-order valence-electron chi connectivity index (χ1n) is 6.87. The van der Waals surface area contributed by atoms with Gasteiger partial charge in [-0.05, 0) is 48.5 Å². The lowest BCUT2D eigenvalue weighted by molar-refractivity contribution is 0.0599. The molecule has 0 atom stereocenters. The van der Waals surface area contributed by atoms with Crippen molar-refractivity contribution in [3.8, 4) is 11.5 Å². The molecule has 2 aromatic rings. The first kappa shape index (κ1) is 16.4. The van der Waals surface area contributed by atoms with Gasteiger partial charge < -0.3 is 19.3 Å². The van der Waals surface area contributed by atoms with Crippen molar-refractivity contribution in [3.05, 3.63) is 59.7 Å². The molecule has 0 unspecified atom stereocenters. The van der Waals surface area contributed by atoms with E-state index in [0.717, 1.165) is 0 Å². The van der Waals surface area contributed by atoms with Crippen LogP contribution >= 0.6 is 0 Å². The zero-order chi connectivity index (χ0) is 16.7. The number of ether oxygens (including phenoxy) is 3. The molecule has 6 nitrogen and oxygen atoms in total. The molecule has 0 amide bonds. The molecule has 0 aliphatic carbocycles. The van der Waals surface area contributed by atoms with Crippen molar-refractivity contribution < 1.29 is 28.9 Å². The Bertz CT molecular complexity index is 660. The van der Waals surface area contributed by atoms with Gasteiger partial charge in [0.05, 0.1) is 18.2 Å². The molecule has 0 radical (unpaired) electrons. The summed E-state index contributed by atoms with van der Waals surface area (Å²) in [4.78, 5) is 22.0. The van der Waals surface area contributed by atoms with Gasteiger partial charge in [-0.1, -0.05) is 0 Å². The summed E-state index contributed by atoms with van der Waals surface area (Å²) in [6.07, 6.45) is 0. The Labute approximate surface area is 133 Å². The molecule has 0 aliphatic rings. The summed E-state index contributed by atoms with van der Waals surface area (Å²) in [6.45, 7) is 0.628. The third-order valence-corrected chi connectivity index (χ3v) is 3.00. The van der Waals surface area contributed by atoms with Gasteiger partial charge in [-0.15, -0.1) is 0 Å². The van der Waals surface area contributed by atoms with Gasteiger partial charge >= 0.3 is 11.9 Å². The third kappa shape index (κ3) is 4.74. The number of hydrogen-bond donors (Lipinski definition) is 1. The van der Waals surface area contributed by atoms with Crippen LogP contribution in [0.25, 0.3) is 0 Å². The number of methoxy groups -OCH3 is 1. The van der Waals surface area contributed by atoms with Crippen molar-refractivity contribution in [2.45, 2.75) is 0 Å². The average molecular weight is 316 g/mol. The molecule has 23 heavy (non-hydrogen) atoms. The van der Waals surface area contributed by atoms with Crippen molar-refractivity contribution >= 4 is 11.9 Å². The number of carboxylic acid groups (broad SMARTS) is 1. The predicted molar refractivity (Wildman–Crippen MR) is 82.2 cm³/mol. The van der Waals surface area contributed by atoms with Crippen LogP contribution in [0.15, 0.2) is 48.5 Å². The Morgan fingerprint density at radius 3 is 1.65 bits per heavy atom. The van der Waals surface area contributed by atoms with Crippen LogP contribution in [0.3, 0.4) is 0 Å². The molecule has 0 fully saturated rings. The molecule has 0 saturated carbocycles. The van der Waals surface area contributed by atoms with Crippen molar-refractivity contribution in [1.82, 2.24) is 0 Å². The lowest BCUT2D eigenvalue weighted by Crippen LogP contribution is -2.09. The fourth-order valence-electron chi connectivity index (χ4n) is 1.82. The number of carbonyl (C=O) groups is 2. The van der Waals surface area contributed by atoms with Gasteiger partial charge in [-0.25, -0.2) is 9.59 Å². The fourth-order valence-corrected chi connectivity index (χ4v) is 1.82. The highest BCUT2D eigenvalue weighted by molar-refractivity contribution is 5.89. The summed E-state index contributed by atoms with van der Waals surface area (Å²) < 4.78 is 15.5. The van der Waals surface area contributed by atoms with E-state index in [1.807, 2.05) is 0 Å². The van der Waals surface area contributed by atoms with Crippen molar-refractivity contribution in [2.75, 3.05) is 20.3 Å². The molecule has 6 heteroatoms. The summed E-state index contributed by atoms with van der Waals surface area (Å²) >= 11 is 0. The van der Waals surface area contributed by atoms with Gasteiger partial charge in [0, 0.05) is 0 Å². The van der Waals surface area contributed by atoms with Gasteiger partial charge in [-0.3, -0.25) is 0 Å². The van der Waals surface area contributed by atoms with Crippen LogP contribution in [0.1, 0.15) is 20.7 Å². The van der Waals surface area contributed by atoms with E-state index in [0.29, 0.717) is 30.3 Å². The second-order valence-corrected chi connectivity index (χ2v) is 4.54. The van der Waals surface area contributed by atoms with Gasteiger partial charge in [-0.2, -0.15) is 0 Å². The molecule has 0 heterocycles. The second-order valence-electron chi connectivity index (χ2n) is 4.54. The predicted octanol–water partition coefficient (Wildman–Crippen LogP) is 2.63. The highest BCUT2D eigenvalue weighted by Gasteiger charge is 2.05. The van der Waals surface area contributed by atoms with Crippen LogP contribution in [-0.4, -0.2) is 37.4 Å². The molecular formula is C17H16O6. The first-order valence-corrected chi connectivity index (χ1v) is 6.87. The monoisotopic (exact) mass is 316 g/mol. The Balaban J connectivity index is 1.76. The van der Waals surface area contributed by atoms with Crippen molar-refractivity contribution in [1.29, 1.82) is 0 Å². The fraction of sp³-hybridized carbons (Fsp3) is 0.176. The highest BCUT2D eigenvalue weighted by Crippen LogP contribution is 2.14. The van der Waals surface area contributed by atoms with E-state index >= 15 is 0 Å². The zero-order valence-electron chi connectivity index (χ0n) is 12.5. The number of aromatic carboxylic acids is 1. The largest absolute Gasteiger partial charge is 0.490 e. The SMILES string of the molecule is COC(=O)c1ccc(OCCOc2ccc(C(=O)O)cc2)cc1. The number of carbonyl (C=O) groups excluding carboxylic acids is 1. The van der Waals surface area contributed by atoms with Crippen LogP contribution in [-0.2, 0) is 4.74 Å². The standard InChI is InChI=1S/C17H16O6/c1-21-17(20)13-4-8-15(9-5-13)23-11-10-22-14-6-2-12(3-7-14)16(18)19/h2-9H,10-11H2,1H3,(H,18,19). The molecule has 2 aromatic carbocycles. The molecule has 2 rings (SSSR count). The number of benzene rings is 2. The van der Waals surface area contributed by atoms with Gasteiger partial charge in [0.1, 0.15) is 24.7 Å². The first-order chi connectivity index (χ1) is 11.1. The second kappa shape index (κ2) is 7.84. The van der Waals surface area contributed by atoms with Gasteiger partial charge in [0.15, 0.2) is 0 Å². The lowest BCUT2D eigenvalue weighted by Gasteiger charge is -2.09. The van der Waals surface area contributed by atoms with E-state index in [2.05, 4.69) is 4.74 Å².